The summed E-state index contributed by atoms with van der Waals surface area (Å²) in [5, 5.41) is 19.4. The Kier molecular flexibility index (Phi) is 2.52. The molecule has 2 rings (SSSR count). The van der Waals surface area contributed by atoms with E-state index in [4.69, 9.17) is 9.52 Å². The summed E-state index contributed by atoms with van der Waals surface area (Å²) in [6, 6.07) is 1.58. The summed E-state index contributed by atoms with van der Waals surface area (Å²) >= 11 is 0. The van der Waals surface area contributed by atoms with Crippen LogP contribution in [0.15, 0.2) is 16.7 Å². The molecule has 0 aromatic carbocycles. The zero-order valence-corrected chi connectivity index (χ0v) is 9.30. The molecule has 0 spiro atoms. The van der Waals surface area contributed by atoms with Gasteiger partial charge in [0, 0.05) is 12.6 Å². The molecule has 2 N–H and O–H groups in total. The molecule has 5 nitrogen and oxygen atoms in total. The standard InChI is InChI=1S/C11H15NO4/c1-7-5-11(15,6-12(7)2)9-8(10(13)14)3-4-16-9/h3-4,7,15H,5-6H2,1-2H3,(H,13,14). The molecule has 1 aromatic rings. The first-order valence-electron chi connectivity index (χ1n) is 5.18. The van der Waals surface area contributed by atoms with E-state index in [1.54, 1.807) is 0 Å². The van der Waals surface area contributed by atoms with Gasteiger partial charge in [0.15, 0.2) is 5.76 Å². The Balaban J connectivity index is 2.37. The molecule has 1 saturated heterocycles. The van der Waals surface area contributed by atoms with Gasteiger partial charge in [0.1, 0.15) is 11.2 Å². The van der Waals surface area contributed by atoms with E-state index < -0.39 is 11.6 Å². The molecule has 2 heterocycles. The van der Waals surface area contributed by atoms with Gasteiger partial charge in [-0.25, -0.2) is 4.79 Å². The first-order valence-corrected chi connectivity index (χ1v) is 5.18. The summed E-state index contributed by atoms with van der Waals surface area (Å²) in [4.78, 5) is 12.9. The average Bonchev–Trinajstić information content (AvgIpc) is 2.73. The molecule has 1 aromatic heterocycles. The Labute approximate surface area is 93.3 Å². The van der Waals surface area contributed by atoms with Crippen LogP contribution in [0.2, 0.25) is 0 Å². The number of aromatic carboxylic acids is 1. The third-order valence-corrected chi connectivity index (χ3v) is 3.21. The number of carboxylic acids is 1. The monoisotopic (exact) mass is 225 g/mol. The Morgan fingerprint density at radius 1 is 1.69 bits per heavy atom. The molecule has 16 heavy (non-hydrogen) atoms. The van der Waals surface area contributed by atoms with Crippen molar-refractivity contribution in [2.45, 2.75) is 25.0 Å². The molecule has 0 bridgehead atoms. The SMILES string of the molecule is CC1CC(O)(c2occc2C(=O)O)CN1C. The van der Waals surface area contributed by atoms with Gasteiger partial charge in [0.2, 0.25) is 0 Å². The van der Waals surface area contributed by atoms with Crippen molar-refractivity contribution in [3.8, 4) is 0 Å². The van der Waals surface area contributed by atoms with E-state index in [1.807, 2.05) is 18.9 Å². The van der Waals surface area contributed by atoms with Gasteiger partial charge in [0.05, 0.1) is 6.26 Å². The van der Waals surface area contributed by atoms with Crippen molar-refractivity contribution in [2.24, 2.45) is 0 Å². The number of aliphatic hydroxyl groups is 1. The van der Waals surface area contributed by atoms with Gasteiger partial charge in [-0.2, -0.15) is 0 Å². The first kappa shape index (κ1) is 11.2. The lowest BCUT2D eigenvalue weighted by atomic mass is 9.95. The number of carbonyl (C=O) groups is 1. The van der Waals surface area contributed by atoms with Crippen molar-refractivity contribution in [1.82, 2.24) is 4.90 Å². The maximum atomic E-state index is 11.0. The molecule has 1 fully saturated rings. The molecule has 0 saturated carbocycles. The van der Waals surface area contributed by atoms with E-state index in [-0.39, 0.29) is 17.4 Å². The molecule has 2 atom stereocenters. The molecule has 0 radical (unpaired) electrons. The lowest BCUT2D eigenvalue weighted by Gasteiger charge is -2.20. The molecule has 2 unspecified atom stereocenters. The zero-order valence-electron chi connectivity index (χ0n) is 9.30. The topological polar surface area (TPSA) is 73.9 Å². The second-order valence-corrected chi connectivity index (χ2v) is 4.47. The summed E-state index contributed by atoms with van der Waals surface area (Å²) in [6.45, 7) is 2.38. The minimum Gasteiger partial charge on any atom is -0.478 e. The fourth-order valence-electron chi connectivity index (χ4n) is 2.28. The Morgan fingerprint density at radius 3 is 2.88 bits per heavy atom. The Bertz CT molecular complexity index is 402. The van der Waals surface area contributed by atoms with Crippen LogP contribution in [0.25, 0.3) is 0 Å². The van der Waals surface area contributed by atoms with Gasteiger partial charge in [-0.05, 0) is 26.5 Å². The van der Waals surface area contributed by atoms with E-state index in [0.717, 1.165) is 0 Å². The van der Waals surface area contributed by atoms with Crippen molar-refractivity contribution < 1.29 is 19.4 Å². The number of rotatable bonds is 2. The van der Waals surface area contributed by atoms with Gasteiger partial charge in [-0.1, -0.05) is 0 Å². The third-order valence-electron chi connectivity index (χ3n) is 3.21. The lowest BCUT2D eigenvalue weighted by Crippen LogP contribution is -2.30. The number of hydrogen-bond acceptors (Lipinski definition) is 4. The van der Waals surface area contributed by atoms with Crippen molar-refractivity contribution in [1.29, 1.82) is 0 Å². The van der Waals surface area contributed by atoms with Crippen molar-refractivity contribution in [3.63, 3.8) is 0 Å². The van der Waals surface area contributed by atoms with Crippen LogP contribution in [0, 0.1) is 0 Å². The van der Waals surface area contributed by atoms with Gasteiger partial charge in [-0.3, -0.25) is 0 Å². The van der Waals surface area contributed by atoms with Gasteiger partial charge in [-0.15, -0.1) is 0 Å². The van der Waals surface area contributed by atoms with E-state index in [1.165, 1.54) is 12.3 Å². The molecule has 0 amide bonds. The number of nitrogens with zero attached hydrogens (tertiary/aromatic N) is 1. The van der Waals surface area contributed by atoms with Crippen LogP contribution in [0.1, 0.15) is 29.5 Å². The van der Waals surface area contributed by atoms with Crippen molar-refractivity contribution >= 4 is 5.97 Å². The quantitative estimate of drug-likeness (QED) is 0.781. The normalized spacial score (nSPS) is 30.8. The predicted molar refractivity (Wildman–Crippen MR) is 56.3 cm³/mol. The summed E-state index contributed by atoms with van der Waals surface area (Å²) in [5.41, 5.74) is -1.14. The average molecular weight is 225 g/mol. The highest BCUT2D eigenvalue weighted by Gasteiger charge is 2.44. The first-order chi connectivity index (χ1) is 7.44. The molecule has 5 heteroatoms. The van der Waals surface area contributed by atoms with Crippen LogP contribution in [0.4, 0.5) is 0 Å². The Morgan fingerprint density at radius 2 is 2.38 bits per heavy atom. The minimum atomic E-state index is -1.19. The van der Waals surface area contributed by atoms with Crippen LogP contribution < -0.4 is 0 Å². The van der Waals surface area contributed by atoms with Crippen LogP contribution in [-0.2, 0) is 5.60 Å². The molecule has 1 aliphatic rings. The number of furan rings is 1. The van der Waals surface area contributed by atoms with Gasteiger partial charge < -0.3 is 19.5 Å². The highest BCUT2D eigenvalue weighted by atomic mass is 16.4. The predicted octanol–water partition coefficient (Wildman–Crippen LogP) is 0.889. The minimum absolute atomic E-state index is 0.0463. The number of β-amino-alcohol motifs (C(OH)–C–C–N with tert-alkyl or cyclic N) is 1. The fraction of sp³-hybridized carbons (Fsp3) is 0.545. The molecule has 1 aliphatic heterocycles. The fourth-order valence-corrected chi connectivity index (χ4v) is 2.28. The van der Waals surface area contributed by atoms with Gasteiger partial charge >= 0.3 is 5.97 Å². The van der Waals surface area contributed by atoms with E-state index >= 15 is 0 Å². The molecule has 88 valence electrons. The van der Waals surface area contributed by atoms with E-state index in [9.17, 15) is 9.90 Å². The van der Waals surface area contributed by atoms with Crippen LogP contribution in [-0.4, -0.2) is 40.7 Å². The highest BCUT2D eigenvalue weighted by Crippen LogP contribution is 2.36. The zero-order chi connectivity index (χ0) is 11.9. The van der Waals surface area contributed by atoms with Crippen molar-refractivity contribution in [2.75, 3.05) is 13.6 Å². The second kappa shape index (κ2) is 3.61. The van der Waals surface area contributed by atoms with Crippen LogP contribution in [0.3, 0.4) is 0 Å². The largest absolute Gasteiger partial charge is 0.478 e. The summed E-state index contributed by atoms with van der Waals surface area (Å²) < 4.78 is 5.15. The van der Waals surface area contributed by atoms with E-state index in [2.05, 4.69) is 0 Å². The van der Waals surface area contributed by atoms with Gasteiger partial charge in [0.25, 0.3) is 0 Å². The highest BCUT2D eigenvalue weighted by molar-refractivity contribution is 5.89. The number of likely N-dealkylation sites (N-methyl/N-ethyl adjacent to an activating group) is 1. The number of likely N-dealkylation sites (tertiary alicyclic amines) is 1. The lowest BCUT2D eigenvalue weighted by molar-refractivity contribution is 0.0236. The molecule has 0 aliphatic carbocycles. The van der Waals surface area contributed by atoms with E-state index in [0.29, 0.717) is 13.0 Å². The van der Waals surface area contributed by atoms with Crippen LogP contribution in [0.5, 0.6) is 0 Å². The molecular weight excluding hydrogens is 210 g/mol. The molecular formula is C11H15NO4. The van der Waals surface area contributed by atoms with Crippen LogP contribution >= 0.6 is 0 Å². The summed E-state index contributed by atoms with van der Waals surface area (Å²) in [5.74, 6) is -0.907. The number of carboxylic acid groups (broad SMARTS) is 1. The summed E-state index contributed by atoms with van der Waals surface area (Å²) in [7, 11) is 1.89. The maximum absolute atomic E-state index is 11.0. The smallest absolute Gasteiger partial charge is 0.339 e. The van der Waals surface area contributed by atoms with Crippen molar-refractivity contribution in [3.05, 3.63) is 23.7 Å². The summed E-state index contributed by atoms with van der Waals surface area (Å²) in [6.07, 6.45) is 1.79. The third kappa shape index (κ3) is 1.62. The second-order valence-electron chi connectivity index (χ2n) is 4.47. The Hall–Kier alpha value is -1.33. The number of hydrogen-bond donors (Lipinski definition) is 2. The maximum Gasteiger partial charge on any atom is 0.339 e.